The minimum absolute atomic E-state index is 0.0486. The van der Waals surface area contributed by atoms with E-state index >= 15 is 0 Å². The Bertz CT molecular complexity index is 1160. The van der Waals surface area contributed by atoms with Crippen LogP contribution in [0.4, 0.5) is 11.4 Å². The molecule has 0 bridgehead atoms. The van der Waals surface area contributed by atoms with Gasteiger partial charge in [-0.2, -0.15) is 0 Å². The molecule has 0 aliphatic carbocycles. The lowest BCUT2D eigenvalue weighted by Gasteiger charge is -2.21. The van der Waals surface area contributed by atoms with Crippen LogP contribution >= 0.6 is 0 Å². The summed E-state index contributed by atoms with van der Waals surface area (Å²) in [5.74, 6) is -0.232. The summed E-state index contributed by atoms with van der Waals surface area (Å²) >= 11 is 0. The van der Waals surface area contributed by atoms with Gasteiger partial charge < -0.3 is 10.1 Å². The first-order valence-corrected chi connectivity index (χ1v) is 10.5. The third-order valence-corrected chi connectivity index (χ3v) is 6.58. The fourth-order valence-electron chi connectivity index (χ4n) is 3.33. The summed E-state index contributed by atoms with van der Waals surface area (Å²) < 4.78 is 33.3. The van der Waals surface area contributed by atoms with Gasteiger partial charge in [-0.15, -0.1) is 0 Å². The number of hydrogen-bond donors (Lipinski definition) is 1. The van der Waals surface area contributed by atoms with E-state index in [0.29, 0.717) is 24.3 Å². The van der Waals surface area contributed by atoms with E-state index in [9.17, 15) is 13.2 Å². The van der Waals surface area contributed by atoms with Crippen LogP contribution in [-0.2, 0) is 16.4 Å². The molecule has 1 aliphatic rings. The summed E-state index contributed by atoms with van der Waals surface area (Å²) in [6.07, 6.45) is 2.19. The first-order chi connectivity index (χ1) is 14.0. The summed E-state index contributed by atoms with van der Waals surface area (Å²) in [5.41, 5.74) is 2.35. The van der Waals surface area contributed by atoms with E-state index in [2.05, 4.69) is 10.3 Å². The molecule has 1 N–H and O–H groups in total. The molecule has 7 nitrogen and oxygen atoms in total. The molecule has 8 heteroatoms. The molecule has 1 aromatic heterocycles. The van der Waals surface area contributed by atoms with Gasteiger partial charge >= 0.3 is 0 Å². The number of nitrogens with zero attached hydrogens (tertiary/aromatic N) is 2. The van der Waals surface area contributed by atoms with Crippen LogP contribution in [0.1, 0.15) is 16.1 Å². The number of para-hydroxylation sites is 1. The quantitative estimate of drug-likeness (QED) is 0.700. The van der Waals surface area contributed by atoms with Gasteiger partial charge in [0.25, 0.3) is 15.9 Å². The molecule has 2 heterocycles. The maximum Gasteiger partial charge on any atom is 0.274 e. The van der Waals surface area contributed by atoms with Gasteiger partial charge in [0.15, 0.2) is 0 Å². The zero-order chi connectivity index (χ0) is 20.4. The predicted octanol–water partition coefficient (Wildman–Crippen LogP) is 3.09. The van der Waals surface area contributed by atoms with Crippen LogP contribution in [0.5, 0.6) is 5.75 Å². The van der Waals surface area contributed by atoms with Crippen molar-refractivity contribution in [2.24, 2.45) is 0 Å². The number of aromatic nitrogens is 1. The number of methoxy groups -OCH3 is 1. The molecule has 3 aromatic rings. The summed E-state index contributed by atoms with van der Waals surface area (Å²) in [4.78, 5) is 16.4. The highest BCUT2D eigenvalue weighted by Crippen LogP contribution is 2.36. The second-order valence-electron chi connectivity index (χ2n) is 6.49. The van der Waals surface area contributed by atoms with Crippen molar-refractivity contribution >= 4 is 27.3 Å². The summed E-state index contributed by atoms with van der Waals surface area (Å²) in [6, 6.07) is 17.0. The molecule has 0 saturated heterocycles. The summed E-state index contributed by atoms with van der Waals surface area (Å²) in [5, 5.41) is 2.71. The number of carbonyl (C=O) groups excluding carboxylic acids is 1. The number of hydrogen-bond acceptors (Lipinski definition) is 5. The fraction of sp³-hybridized carbons (Fsp3) is 0.143. The Balaban J connectivity index is 1.64. The van der Waals surface area contributed by atoms with Crippen molar-refractivity contribution in [3.8, 4) is 5.75 Å². The van der Waals surface area contributed by atoms with Crippen LogP contribution in [0.3, 0.4) is 0 Å². The molecule has 2 aromatic carbocycles. The van der Waals surface area contributed by atoms with Crippen molar-refractivity contribution in [1.29, 1.82) is 0 Å². The van der Waals surface area contributed by atoms with Crippen molar-refractivity contribution in [3.05, 3.63) is 78.1 Å². The van der Waals surface area contributed by atoms with Crippen molar-refractivity contribution in [2.75, 3.05) is 23.3 Å². The van der Waals surface area contributed by atoms with Crippen LogP contribution in [0.2, 0.25) is 0 Å². The number of amides is 1. The van der Waals surface area contributed by atoms with E-state index in [1.54, 1.807) is 24.3 Å². The smallest absolute Gasteiger partial charge is 0.274 e. The molecule has 0 spiro atoms. The molecule has 1 amide bonds. The van der Waals surface area contributed by atoms with Gasteiger partial charge in [-0.1, -0.05) is 24.3 Å². The predicted molar refractivity (Wildman–Crippen MR) is 110 cm³/mol. The van der Waals surface area contributed by atoms with Crippen LogP contribution in [0.25, 0.3) is 0 Å². The largest absolute Gasteiger partial charge is 0.495 e. The van der Waals surface area contributed by atoms with E-state index in [1.165, 1.54) is 35.8 Å². The first kappa shape index (κ1) is 18.9. The lowest BCUT2D eigenvalue weighted by atomic mass is 10.2. The van der Waals surface area contributed by atoms with Gasteiger partial charge in [-0.05, 0) is 42.3 Å². The Morgan fingerprint density at radius 2 is 1.90 bits per heavy atom. The standard InChI is InChI=1S/C21H19N3O4S/c1-28-19-14-16(23-21(25)17-7-4-5-12-22-17)9-10-20(19)29(26,27)24-13-11-15-6-2-3-8-18(15)24/h2-10,12,14H,11,13H2,1H3,(H,23,25). The number of sulfonamides is 1. The van der Waals surface area contributed by atoms with Crippen LogP contribution < -0.4 is 14.4 Å². The molecule has 1 aliphatic heterocycles. The number of fused-ring (bicyclic) bond motifs is 1. The third-order valence-electron chi connectivity index (χ3n) is 4.73. The number of nitrogens with one attached hydrogen (secondary N) is 1. The minimum atomic E-state index is -3.81. The van der Waals surface area contributed by atoms with E-state index in [-0.39, 0.29) is 16.3 Å². The topological polar surface area (TPSA) is 88.6 Å². The molecule has 0 fully saturated rings. The minimum Gasteiger partial charge on any atom is -0.495 e. The normalized spacial score (nSPS) is 13.1. The maximum atomic E-state index is 13.3. The van der Waals surface area contributed by atoms with Crippen LogP contribution in [0, 0.1) is 0 Å². The number of carbonyl (C=O) groups is 1. The maximum absolute atomic E-state index is 13.3. The molecule has 4 rings (SSSR count). The van der Waals surface area contributed by atoms with Crippen molar-refractivity contribution in [3.63, 3.8) is 0 Å². The van der Waals surface area contributed by atoms with Gasteiger partial charge in [0, 0.05) is 24.5 Å². The molecule has 29 heavy (non-hydrogen) atoms. The first-order valence-electron chi connectivity index (χ1n) is 9.02. The molecule has 0 radical (unpaired) electrons. The van der Waals surface area contributed by atoms with Crippen molar-refractivity contribution in [2.45, 2.75) is 11.3 Å². The van der Waals surface area contributed by atoms with Gasteiger partial charge in [0.2, 0.25) is 0 Å². The SMILES string of the molecule is COc1cc(NC(=O)c2ccccn2)ccc1S(=O)(=O)N1CCc2ccccc21. The highest BCUT2D eigenvalue weighted by atomic mass is 32.2. The van der Waals surface area contributed by atoms with Crippen molar-refractivity contribution in [1.82, 2.24) is 4.98 Å². The van der Waals surface area contributed by atoms with E-state index in [4.69, 9.17) is 4.74 Å². The van der Waals surface area contributed by atoms with Gasteiger partial charge in [-0.3, -0.25) is 14.1 Å². The highest BCUT2D eigenvalue weighted by molar-refractivity contribution is 7.93. The number of anilines is 2. The van der Waals surface area contributed by atoms with E-state index < -0.39 is 15.9 Å². The van der Waals surface area contributed by atoms with Gasteiger partial charge in [0.1, 0.15) is 16.3 Å². The fourth-order valence-corrected chi connectivity index (χ4v) is 4.97. The Kier molecular flexibility index (Phi) is 4.94. The molecule has 0 unspecified atom stereocenters. The van der Waals surface area contributed by atoms with E-state index in [1.807, 2.05) is 18.2 Å². The molecule has 0 atom stereocenters. The van der Waals surface area contributed by atoms with Gasteiger partial charge in [-0.25, -0.2) is 8.42 Å². The molecular formula is C21H19N3O4S. The zero-order valence-corrected chi connectivity index (χ0v) is 16.5. The third kappa shape index (κ3) is 3.54. The Morgan fingerprint density at radius 3 is 2.66 bits per heavy atom. The number of ether oxygens (including phenoxy) is 1. The second-order valence-corrected chi connectivity index (χ2v) is 8.32. The summed E-state index contributed by atoms with van der Waals surface area (Å²) in [6.45, 7) is 0.378. The molecule has 0 saturated carbocycles. The second kappa shape index (κ2) is 7.56. The average Bonchev–Trinajstić information content (AvgIpc) is 3.19. The lowest BCUT2D eigenvalue weighted by Crippen LogP contribution is -2.29. The van der Waals surface area contributed by atoms with Gasteiger partial charge in [0.05, 0.1) is 12.8 Å². The Labute approximate surface area is 169 Å². The van der Waals surface area contributed by atoms with Crippen molar-refractivity contribution < 1.29 is 17.9 Å². The lowest BCUT2D eigenvalue weighted by molar-refractivity contribution is 0.102. The molecular weight excluding hydrogens is 390 g/mol. The number of rotatable bonds is 5. The Morgan fingerprint density at radius 1 is 1.10 bits per heavy atom. The molecule has 148 valence electrons. The number of benzene rings is 2. The van der Waals surface area contributed by atoms with Crippen LogP contribution in [-0.4, -0.2) is 33.0 Å². The Hall–Kier alpha value is -3.39. The van der Waals surface area contributed by atoms with Crippen LogP contribution in [0.15, 0.2) is 71.8 Å². The summed E-state index contributed by atoms with van der Waals surface area (Å²) in [7, 11) is -2.41. The number of pyridine rings is 1. The average molecular weight is 409 g/mol. The van der Waals surface area contributed by atoms with E-state index in [0.717, 1.165) is 5.56 Å². The monoisotopic (exact) mass is 409 g/mol. The highest BCUT2D eigenvalue weighted by Gasteiger charge is 2.32. The zero-order valence-electron chi connectivity index (χ0n) is 15.7.